The second kappa shape index (κ2) is 2.28. The van der Waals surface area contributed by atoms with Gasteiger partial charge in [-0.1, -0.05) is 0 Å². The summed E-state index contributed by atoms with van der Waals surface area (Å²) in [5.74, 6) is 0. The molecule has 0 bridgehead atoms. The topological polar surface area (TPSA) is 44.2 Å². The molecule has 1 saturated heterocycles. The van der Waals surface area contributed by atoms with E-state index < -0.39 is 0 Å². The fourth-order valence-corrected chi connectivity index (χ4v) is 1.02. The second-order valence-electron chi connectivity index (χ2n) is 2.32. The van der Waals surface area contributed by atoms with Crippen molar-refractivity contribution >= 4 is 0 Å². The van der Waals surface area contributed by atoms with Gasteiger partial charge in [0, 0.05) is 12.8 Å². The van der Waals surface area contributed by atoms with Crippen LogP contribution < -0.4 is 11.1 Å². The molecule has 0 aromatic rings. The van der Waals surface area contributed by atoms with Crippen LogP contribution in [0.25, 0.3) is 0 Å². The molecule has 0 aromatic carbocycles. The van der Waals surface area contributed by atoms with E-state index in [1.807, 2.05) is 0 Å². The van der Waals surface area contributed by atoms with Crippen molar-refractivity contribution in [2.24, 2.45) is 0 Å². The summed E-state index contributed by atoms with van der Waals surface area (Å²) >= 11 is 0. The van der Waals surface area contributed by atoms with E-state index in [1.165, 1.54) is 25.9 Å². The van der Waals surface area contributed by atoms with Gasteiger partial charge in [-0.25, -0.2) is 0 Å². The number of hydrogen-bond donors (Lipinski definition) is 2. The van der Waals surface area contributed by atoms with Crippen molar-refractivity contribution in [3.8, 4) is 0 Å². The maximum Gasteiger partial charge on any atom is 0.134 e. The molecule has 0 radical (unpaired) electrons. The van der Waals surface area contributed by atoms with Crippen LogP contribution in [0.15, 0.2) is 0 Å². The summed E-state index contributed by atoms with van der Waals surface area (Å²) in [6, 6.07) is 0.730. The average Bonchev–Trinajstić information content (AvgIpc) is 1.69. The molecule has 0 aliphatic carbocycles. The third kappa shape index (κ3) is 1.45. The van der Waals surface area contributed by atoms with Gasteiger partial charge >= 0.3 is 0 Å². The lowest BCUT2D eigenvalue weighted by atomic mass is 10.1. The fraction of sp³-hybridized carbons (Fsp3) is 1.00. The van der Waals surface area contributed by atoms with Crippen LogP contribution >= 0.6 is 0 Å². The van der Waals surface area contributed by atoms with Gasteiger partial charge in [-0.2, -0.15) is 0 Å². The van der Waals surface area contributed by atoms with Gasteiger partial charge in [-0.3, -0.25) is 0 Å². The Morgan fingerprint density at radius 3 is 2.71 bits per heavy atom. The molecule has 1 rings (SSSR count). The molecule has 7 heavy (non-hydrogen) atoms. The minimum atomic E-state index is 0.730. The largest absolute Gasteiger partial charge is 0.350 e. The quantitative estimate of drug-likeness (QED) is 0.354. The summed E-state index contributed by atoms with van der Waals surface area (Å²) in [7, 11) is 0. The lowest BCUT2D eigenvalue weighted by molar-refractivity contribution is -0.692. The first-order chi connectivity index (χ1) is 3.39. The Hall–Kier alpha value is -0.0800. The van der Waals surface area contributed by atoms with Gasteiger partial charge in [0.15, 0.2) is 0 Å². The molecule has 1 aliphatic heterocycles. The Kier molecular flexibility index (Phi) is 1.65. The Morgan fingerprint density at radius 2 is 2.43 bits per heavy atom. The minimum absolute atomic E-state index is 0.730. The molecule has 5 N–H and O–H groups in total. The third-order valence-electron chi connectivity index (χ3n) is 1.52. The molecule has 1 atom stereocenters. The smallest absolute Gasteiger partial charge is 0.134 e. The SMILES string of the molecule is [NH3+][C@@H]1CCC[NH2+]C1. The molecular weight excluding hydrogens is 88.1 g/mol. The summed E-state index contributed by atoms with van der Waals surface area (Å²) in [4.78, 5) is 0. The summed E-state index contributed by atoms with van der Waals surface area (Å²) in [6.07, 6.45) is 2.71. The molecule has 1 fully saturated rings. The zero-order chi connectivity index (χ0) is 5.11. The van der Waals surface area contributed by atoms with E-state index in [1.54, 1.807) is 0 Å². The molecule has 0 aromatic heterocycles. The first-order valence-electron chi connectivity index (χ1n) is 3.04. The Balaban J connectivity index is 2.12. The van der Waals surface area contributed by atoms with Crippen molar-refractivity contribution in [3.05, 3.63) is 0 Å². The highest BCUT2D eigenvalue weighted by atomic mass is 14.9. The highest BCUT2D eigenvalue weighted by Crippen LogP contribution is 1.89. The van der Waals surface area contributed by atoms with Gasteiger partial charge in [0.25, 0.3) is 0 Å². The highest BCUT2D eigenvalue weighted by molar-refractivity contribution is 4.52. The average molecular weight is 102 g/mol. The van der Waals surface area contributed by atoms with Crippen LogP contribution in [0.4, 0.5) is 0 Å². The van der Waals surface area contributed by atoms with Crippen LogP contribution in [0, 0.1) is 0 Å². The normalized spacial score (nSPS) is 33.0. The van der Waals surface area contributed by atoms with Gasteiger partial charge in [0.1, 0.15) is 12.6 Å². The molecule has 42 valence electrons. The molecule has 1 heterocycles. The first-order valence-corrected chi connectivity index (χ1v) is 3.04. The van der Waals surface area contributed by atoms with E-state index in [2.05, 4.69) is 11.1 Å². The predicted octanol–water partition coefficient (Wildman–Crippen LogP) is -2.05. The maximum atomic E-state index is 3.97. The van der Waals surface area contributed by atoms with Crippen LogP contribution in [0.2, 0.25) is 0 Å². The molecule has 1 aliphatic rings. The Labute approximate surface area is 44.1 Å². The van der Waals surface area contributed by atoms with Crippen LogP contribution in [0.1, 0.15) is 12.8 Å². The van der Waals surface area contributed by atoms with E-state index in [4.69, 9.17) is 0 Å². The number of rotatable bonds is 0. The summed E-state index contributed by atoms with van der Waals surface area (Å²) in [5.41, 5.74) is 3.97. The van der Waals surface area contributed by atoms with Crippen molar-refractivity contribution < 1.29 is 11.1 Å². The van der Waals surface area contributed by atoms with Crippen LogP contribution in [-0.2, 0) is 0 Å². The number of piperidine rings is 1. The van der Waals surface area contributed by atoms with Crippen LogP contribution in [-0.4, -0.2) is 19.1 Å². The van der Waals surface area contributed by atoms with Gasteiger partial charge in [0.2, 0.25) is 0 Å². The molecule has 0 saturated carbocycles. The summed E-state index contributed by atoms with van der Waals surface area (Å²) in [6.45, 7) is 2.58. The fourth-order valence-electron chi connectivity index (χ4n) is 1.02. The summed E-state index contributed by atoms with van der Waals surface area (Å²) < 4.78 is 0. The van der Waals surface area contributed by atoms with Gasteiger partial charge in [-0.05, 0) is 0 Å². The lowest BCUT2D eigenvalue weighted by Crippen LogP contribution is -2.92. The van der Waals surface area contributed by atoms with Crippen molar-refractivity contribution in [1.29, 1.82) is 0 Å². The van der Waals surface area contributed by atoms with Crippen molar-refractivity contribution in [2.45, 2.75) is 18.9 Å². The van der Waals surface area contributed by atoms with E-state index in [0.717, 1.165) is 6.04 Å². The maximum absolute atomic E-state index is 3.97. The van der Waals surface area contributed by atoms with Crippen LogP contribution in [0.3, 0.4) is 0 Å². The highest BCUT2D eigenvalue weighted by Gasteiger charge is 2.12. The minimum Gasteiger partial charge on any atom is -0.350 e. The van der Waals surface area contributed by atoms with Gasteiger partial charge < -0.3 is 11.1 Å². The predicted molar refractivity (Wildman–Crippen MR) is 27.6 cm³/mol. The molecule has 0 spiro atoms. The van der Waals surface area contributed by atoms with Gasteiger partial charge in [-0.15, -0.1) is 0 Å². The van der Waals surface area contributed by atoms with E-state index in [0.29, 0.717) is 0 Å². The Bertz CT molecular complexity index is 48.0. The molecule has 0 unspecified atom stereocenters. The first kappa shape index (κ1) is 5.06. The molecular formula is C5H14N2+2. The van der Waals surface area contributed by atoms with Crippen LogP contribution in [0.5, 0.6) is 0 Å². The standard InChI is InChI=1S/C5H12N2/c6-5-2-1-3-7-4-5/h5,7H,1-4,6H2/p+2/t5-/m1/s1. The Morgan fingerprint density at radius 1 is 1.57 bits per heavy atom. The lowest BCUT2D eigenvalue weighted by Gasteiger charge is -2.11. The van der Waals surface area contributed by atoms with E-state index in [9.17, 15) is 0 Å². The molecule has 2 nitrogen and oxygen atoms in total. The van der Waals surface area contributed by atoms with E-state index >= 15 is 0 Å². The monoisotopic (exact) mass is 102 g/mol. The number of hydrogen-bond acceptors (Lipinski definition) is 0. The van der Waals surface area contributed by atoms with Crippen molar-refractivity contribution in [2.75, 3.05) is 13.1 Å². The number of quaternary nitrogens is 2. The van der Waals surface area contributed by atoms with Crippen molar-refractivity contribution in [3.63, 3.8) is 0 Å². The van der Waals surface area contributed by atoms with E-state index in [-0.39, 0.29) is 0 Å². The molecule has 2 heteroatoms. The zero-order valence-corrected chi connectivity index (χ0v) is 4.69. The number of nitrogens with two attached hydrogens (primary N) is 1. The third-order valence-corrected chi connectivity index (χ3v) is 1.52. The summed E-state index contributed by atoms with van der Waals surface area (Å²) in [5, 5.41) is 2.35. The zero-order valence-electron chi connectivity index (χ0n) is 4.69. The van der Waals surface area contributed by atoms with Crippen molar-refractivity contribution in [1.82, 2.24) is 0 Å². The molecule has 0 amide bonds. The van der Waals surface area contributed by atoms with Gasteiger partial charge in [0.05, 0.1) is 6.54 Å². The second-order valence-corrected chi connectivity index (χ2v) is 2.32.